The molecule has 1 saturated carbocycles. The second-order valence-electron chi connectivity index (χ2n) is 5.05. The van der Waals surface area contributed by atoms with Crippen LogP contribution in [-0.4, -0.2) is 44.9 Å². The molecule has 1 aliphatic carbocycles. The van der Waals surface area contributed by atoms with Crippen molar-refractivity contribution in [3.8, 4) is 0 Å². The van der Waals surface area contributed by atoms with E-state index in [0.29, 0.717) is 32.8 Å². The first kappa shape index (κ1) is 15.4. The molecule has 1 rings (SSSR count). The molecule has 0 unspecified atom stereocenters. The Bertz CT molecular complexity index is 240. The Kier molecular flexibility index (Phi) is 7.23. The molecule has 1 fully saturated rings. The van der Waals surface area contributed by atoms with E-state index in [4.69, 9.17) is 15.2 Å². The van der Waals surface area contributed by atoms with Gasteiger partial charge in [-0.25, -0.2) is 0 Å². The second kappa shape index (κ2) is 8.45. The largest absolute Gasteiger partial charge is 0.382 e. The molecule has 3 N–H and O–H groups in total. The van der Waals surface area contributed by atoms with Crippen molar-refractivity contribution >= 4 is 5.91 Å². The number of methoxy groups -OCH3 is 1. The highest BCUT2D eigenvalue weighted by atomic mass is 16.5. The number of hydrogen-bond donors (Lipinski definition) is 2. The summed E-state index contributed by atoms with van der Waals surface area (Å²) in [6, 6.07) is 0. The maximum Gasteiger partial charge on any atom is 0.221 e. The number of nitrogens with one attached hydrogen (secondary N) is 1. The summed E-state index contributed by atoms with van der Waals surface area (Å²) in [5.74, 6) is 0.0660. The number of carbonyl (C=O) groups excluding carboxylic acids is 1. The second-order valence-corrected chi connectivity index (χ2v) is 5.05. The van der Waals surface area contributed by atoms with E-state index in [0.717, 1.165) is 32.1 Å². The summed E-state index contributed by atoms with van der Waals surface area (Å²) >= 11 is 0. The van der Waals surface area contributed by atoms with E-state index in [1.807, 2.05) is 0 Å². The molecule has 0 saturated heterocycles. The summed E-state index contributed by atoms with van der Waals surface area (Å²) in [6.07, 6.45) is 5.53. The Morgan fingerprint density at radius 1 is 1.28 bits per heavy atom. The fourth-order valence-electron chi connectivity index (χ4n) is 2.28. The van der Waals surface area contributed by atoms with Gasteiger partial charge in [0.2, 0.25) is 5.91 Å². The Labute approximate surface area is 109 Å². The van der Waals surface area contributed by atoms with Crippen molar-refractivity contribution in [3.05, 3.63) is 0 Å². The number of rotatable bonds is 9. The van der Waals surface area contributed by atoms with Crippen molar-refractivity contribution in [1.29, 1.82) is 0 Å². The monoisotopic (exact) mass is 258 g/mol. The topological polar surface area (TPSA) is 73.6 Å². The summed E-state index contributed by atoms with van der Waals surface area (Å²) in [7, 11) is 1.65. The number of nitrogens with two attached hydrogens (primary N) is 1. The molecule has 1 amide bonds. The minimum absolute atomic E-state index is 0.0660. The smallest absolute Gasteiger partial charge is 0.221 e. The maximum absolute atomic E-state index is 11.7. The van der Waals surface area contributed by atoms with E-state index in [2.05, 4.69) is 5.32 Å². The third-order valence-corrected chi connectivity index (χ3v) is 3.33. The Balaban J connectivity index is 1.97. The van der Waals surface area contributed by atoms with Crippen LogP contribution in [0.5, 0.6) is 0 Å². The van der Waals surface area contributed by atoms with Crippen molar-refractivity contribution in [1.82, 2.24) is 5.32 Å². The Morgan fingerprint density at radius 2 is 2.00 bits per heavy atom. The molecular formula is C13H26N2O3. The van der Waals surface area contributed by atoms with Crippen LogP contribution in [0, 0.1) is 0 Å². The molecule has 0 atom stereocenters. The SMILES string of the molecule is COCCOCCCNC(=O)CC1(N)CCCC1. The van der Waals surface area contributed by atoms with Crippen LogP contribution in [0.4, 0.5) is 0 Å². The van der Waals surface area contributed by atoms with E-state index < -0.39 is 0 Å². The molecule has 0 radical (unpaired) electrons. The number of amides is 1. The van der Waals surface area contributed by atoms with Gasteiger partial charge in [0, 0.05) is 32.2 Å². The average Bonchev–Trinajstić information content (AvgIpc) is 2.74. The summed E-state index contributed by atoms with van der Waals surface area (Å²) in [5, 5.41) is 2.90. The molecule has 0 bridgehead atoms. The summed E-state index contributed by atoms with van der Waals surface area (Å²) in [5.41, 5.74) is 5.89. The van der Waals surface area contributed by atoms with Gasteiger partial charge >= 0.3 is 0 Å². The lowest BCUT2D eigenvalue weighted by atomic mass is 9.94. The van der Waals surface area contributed by atoms with E-state index in [-0.39, 0.29) is 11.4 Å². The third kappa shape index (κ3) is 6.33. The zero-order valence-electron chi connectivity index (χ0n) is 11.4. The van der Waals surface area contributed by atoms with Crippen molar-refractivity contribution in [2.75, 3.05) is 33.5 Å². The lowest BCUT2D eigenvalue weighted by Gasteiger charge is -2.22. The van der Waals surface area contributed by atoms with Crippen LogP contribution in [0.25, 0.3) is 0 Å². The van der Waals surface area contributed by atoms with Crippen molar-refractivity contribution in [2.24, 2.45) is 5.73 Å². The van der Waals surface area contributed by atoms with Gasteiger partial charge in [0.05, 0.1) is 13.2 Å². The third-order valence-electron chi connectivity index (χ3n) is 3.33. The highest BCUT2D eigenvalue weighted by Crippen LogP contribution is 2.29. The first-order valence-electron chi connectivity index (χ1n) is 6.78. The average molecular weight is 258 g/mol. The van der Waals surface area contributed by atoms with Crippen LogP contribution in [0.15, 0.2) is 0 Å². The van der Waals surface area contributed by atoms with Gasteiger partial charge in [0.15, 0.2) is 0 Å². The summed E-state index contributed by atoms with van der Waals surface area (Å²) in [4.78, 5) is 11.7. The molecule has 0 aliphatic heterocycles. The molecule has 0 spiro atoms. The number of ether oxygens (including phenoxy) is 2. The van der Waals surface area contributed by atoms with Crippen LogP contribution in [-0.2, 0) is 14.3 Å². The number of carbonyl (C=O) groups is 1. The predicted molar refractivity (Wildman–Crippen MR) is 70.3 cm³/mol. The summed E-state index contributed by atoms with van der Waals surface area (Å²) in [6.45, 7) is 2.53. The highest BCUT2D eigenvalue weighted by Gasteiger charge is 2.31. The maximum atomic E-state index is 11.7. The highest BCUT2D eigenvalue weighted by molar-refractivity contribution is 5.77. The predicted octanol–water partition coefficient (Wildman–Crippen LogP) is 0.817. The van der Waals surface area contributed by atoms with Gasteiger partial charge in [-0.3, -0.25) is 4.79 Å². The number of hydrogen-bond acceptors (Lipinski definition) is 4. The molecular weight excluding hydrogens is 232 g/mol. The molecule has 0 aromatic rings. The fraction of sp³-hybridized carbons (Fsp3) is 0.923. The Morgan fingerprint density at radius 3 is 2.67 bits per heavy atom. The fourth-order valence-corrected chi connectivity index (χ4v) is 2.28. The van der Waals surface area contributed by atoms with Gasteiger partial charge in [0.1, 0.15) is 0 Å². The van der Waals surface area contributed by atoms with Crippen molar-refractivity contribution in [2.45, 2.75) is 44.1 Å². The van der Waals surface area contributed by atoms with Gasteiger partial charge in [-0.15, -0.1) is 0 Å². The van der Waals surface area contributed by atoms with Gasteiger partial charge < -0.3 is 20.5 Å². The molecule has 1 aliphatic rings. The van der Waals surface area contributed by atoms with E-state index in [1.54, 1.807) is 7.11 Å². The molecule has 0 aromatic heterocycles. The molecule has 106 valence electrons. The standard InChI is InChI=1S/C13H26N2O3/c1-17-9-10-18-8-4-7-15-12(16)11-13(14)5-2-3-6-13/h2-11,14H2,1H3,(H,15,16). The van der Waals surface area contributed by atoms with E-state index in [1.165, 1.54) is 0 Å². The lowest BCUT2D eigenvalue weighted by molar-refractivity contribution is -0.122. The first-order chi connectivity index (χ1) is 8.66. The minimum atomic E-state index is -0.251. The van der Waals surface area contributed by atoms with Crippen molar-refractivity contribution < 1.29 is 14.3 Å². The quantitative estimate of drug-likeness (QED) is 0.600. The van der Waals surface area contributed by atoms with E-state index in [9.17, 15) is 4.79 Å². The zero-order chi connectivity index (χ0) is 13.3. The van der Waals surface area contributed by atoms with Gasteiger partial charge in [-0.05, 0) is 19.3 Å². The van der Waals surface area contributed by atoms with E-state index >= 15 is 0 Å². The van der Waals surface area contributed by atoms with Gasteiger partial charge in [-0.2, -0.15) is 0 Å². The molecule has 5 heteroatoms. The van der Waals surface area contributed by atoms with Crippen LogP contribution in [0.2, 0.25) is 0 Å². The van der Waals surface area contributed by atoms with Crippen LogP contribution in [0.3, 0.4) is 0 Å². The van der Waals surface area contributed by atoms with Gasteiger partial charge in [0.25, 0.3) is 0 Å². The molecule has 0 aromatic carbocycles. The van der Waals surface area contributed by atoms with Gasteiger partial charge in [-0.1, -0.05) is 12.8 Å². The van der Waals surface area contributed by atoms with Crippen LogP contribution < -0.4 is 11.1 Å². The molecule has 5 nitrogen and oxygen atoms in total. The van der Waals surface area contributed by atoms with Crippen LogP contribution >= 0.6 is 0 Å². The molecule has 0 heterocycles. The van der Waals surface area contributed by atoms with Crippen LogP contribution in [0.1, 0.15) is 38.5 Å². The summed E-state index contributed by atoms with van der Waals surface area (Å²) < 4.78 is 10.2. The zero-order valence-corrected chi connectivity index (χ0v) is 11.4. The minimum Gasteiger partial charge on any atom is -0.382 e. The first-order valence-corrected chi connectivity index (χ1v) is 6.78. The normalized spacial score (nSPS) is 17.9. The van der Waals surface area contributed by atoms with Crippen molar-refractivity contribution in [3.63, 3.8) is 0 Å². The Hall–Kier alpha value is -0.650. The lowest BCUT2D eigenvalue weighted by Crippen LogP contribution is -2.42. The molecule has 18 heavy (non-hydrogen) atoms.